The highest BCUT2D eigenvalue weighted by molar-refractivity contribution is 5.98. The van der Waals surface area contributed by atoms with Crippen LogP contribution in [0.25, 0.3) is 0 Å². The molecule has 28 heavy (non-hydrogen) atoms. The minimum absolute atomic E-state index is 0.0951. The third kappa shape index (κ3) is 4.05. The maximum Gasteiger partial charge on any atom is 0.254 e. The predicted octanol–water partition coefficient (Wildman–Crippen LogP) is 3.29. The summed E-state index contributed by atoms with van der Waals surface area (Å²) in [5.74, 6) is -2.55. The average Bonchev–Trinajstić information content (AvgIpc) is 3.07. The van der Waals surface area contributed by atoms with Gasteiger partial charge in [0, 0.05) is 12.4 Å². The van der Waals surface area contributed by atoms with Gasteiger partial charge in [-0.1, -0.05) is 6.07 Å². The number of anilines is 4. The molecule has 0 saturated heterocycles. The van der Waals surface area contributed by atoms with Gasteiger partial charge in [-0.25, -0.2) is 13.8 Å². The van der Waals surface area contributed by atoms with Crippen LogP contribution in [-0.4, -0.2) is 25.7 Å². The first kappa shape index (κ1) is 19.2. The molecule has 0 radical (unpaired) electrons. The highest BCUT2D eigenvalue weighted by Gasteiger charge is 2.18. The van der Waals surface area contributed by atoms with Crippen LogP contribution in [0, 0.1) is 11.6 Å². The number of nitrogens with one attached hydrogen (secondary N) is 2. The molecule has 146 valence electrons. The Balaban J connectivity index is 1.94. The fraction of sp³-hybridized carbons (Fsp3) is 0.222. The Labute approximate surface area is 159 Å². The molecule has 8 nitrogen and oxygen atoms in total. The van der Waals surface area contributed by atoms with E-state index in [4.69, 9.17) is 5.73 Å². The van der Waals surface area contributed by atoms with Gasteiger partial charge in [-0.05, 0) is 32.9 Å². The highest BCUT2D eigenvalue weighted by Crippen LogP contribution is 2.25. The predicted molar refractivity (Wildman–Crippen MR) is 101 cm³/mol. The molecule has 2 heterocycles. The van der Waals surface area contributed by atoms with Crippen LogP contribution in [-0.2, 0) is 5.54 Å². The summed E-state index contributed by atoms with van der Waals surface area (Å²) in [5, 5.41) is 9.67. The summed E-state index contributed by atoms with van der Waals surface area (Å²) in [7, 11) is 0. The van der Waals surface area contributed by atoms with Crippen molar-refractivity contribution in [3.8, 4) is 0 Å². The lowest BCUT2D eigenvalue weighted by molar-refractivity contribution is 0.100. The topological polar surface area (TPSA) is 111 Å². The van der Waals surface area contributed by atoms with Crippen molar-refractivity contribution in [2.75, 3.05) is 10.6 Å². The molecule has 0 aliphatic carbocycles. The van der Waals surface area contributed by atoms with E-state index in [0.29, 0.717) is 5.69 Å². The molecule has 1 aromatic carbocycles. The van der Waals surface area contributed by atoms with E-state index in [1.807, 2.05) is 20.8 Å². The van der Waals surface area contributed by atoms with E-state index in [1.165, 1.54) is 12.3 Å². The standard InChI is InChI=1S/C18H19F2N7O/c1-18(2,3)27-9-10(7-23-27)24-17-22-8-11(15(21)28)16(26-17)25-14-12(19)5-4-6-13(14)20/h4-9H,1-3H3,(H2,21,28)(H2,22,24,25,26). The van der Waals surface area contributed by atoms with Gasteiger partial charge in [-0.3, -0.25) is 9.48 Å². The second-order valence-electron chi connectivity index (χ2n) is 7.01. The number of benzene rings is 1. The minimum Gasteiger partial charge on any atom is -0.365 e. The fourth-order valence-corrected chi connectivity index (χ4v) is 2.34. The van der Waals surface area contributed by atoms with E-state index >= 15 is 0 Å². The normalized spacial score (nSPS) is 11.3. The third-order valence-electron chi connectivity index (χ3n) is 3.79. The van der Waals surface area contributed by atoms with Crippen LogP contribution in [0.1, 0.15) is 31.1 Å². The number of hydrogen-bond donors (Lipinski definition) is 3. The first-order chi connectivity index (χ1) is 13.1. The molecule has 0 aliphatic rings. The number of nitrogens with two attached hydrogens (primary N) is 1. The second kappa shape index (κ2) is 7.22. The van der Waals surface area contributed by atoms with Gasteiger partial charge in [-0.2, -0.15) is 10.1 Å². The summed E-state index contributed by atoms with van der Waals surface area (Å²) in [6, 6.07) is 3.39. The van der Waals surface area contributed by atoms with E-state index < -0.39 is 23.2 Å². The van der Waals surface area contributed by atoms with Gasteiger partial charge in [0.1, 0.15) is 28.7 Å². The van der Waals surface area contributed by atoms with Crippen LogP contribution in [0.15, 0.2) is 36.8 Å². The van der Waals surface area contributed by atoms with Crippen LogP contribution in [0.2, 0.25) is 0 Å². The van der Waals surface area contributed by atoms with Crippen molar-refractivity contribution < 1.29 is 13.6 Å². The zero-order valence-electron chi connectivity index (χ0n) is 15.5. The number of carbonyl (C=O) groups is 1. The Kier molecular flexibility index (Phi) is 4.95. The van der Waals surface area contributed by atoms with Crippen LogP contribution in [0.4, 0.5) is 31.9 Å². The molecular weight excluding hydrogens is 368 g/mol. The molecule has 1 amide bonds. The van der Waals surface area contributed by atoms with E-state index in [9.17, 15) is 13.6 Å². The molecule has 0 atom stereocenters. The average molecular weight is 387 g/mol. The first-order valence-corrected chi connectivity index (χ1v) is 8.35. The largest absolute Gasteiger partial charge is 0.365 e. The third-order valence-corrected chi connectivity index (χ3v) is 3.79. The molecule has 0 aliphatic heterocycles. The zero-order chi connectivity index (χ0) is 20.5. The Morgan fingerprint density at radius 1 is 1.14 bits per heavy atom. The number of hydrogen-bond acceptors (Lipinski definition) is 6. The number of aromatic nitrogens is 4. The van der Waals surface area contributed by atoms with Crippen LogP contribution < -0.4 is 16.4 Å². The Morgan fingerprint density at radius 2 is 1.82 bits per heavy atom. The highest BCUT2D eigenvalue weighted by atomic mass is 19.1. The number of nitrogens with zero attached hydrogens (tertiary/aromatic N) is 4. The quantitative estimate of drug-likeness (QED) is 0.620. The molecule has 0 spiro atoms. The number of primary amides is 1. The van der Waals surface area contributed by atoms with Gasteiger partial charge in [0.15, 0.2) is 0 Å². The molecule has 0 fully saturated rings. The van der Waals surface area contributed by atoms with Crippen molar-refractivity contribution in [1.29, 1.82) is 0 Å². The summed E-state index contributed by atoms with van der Waals surface area (Å²) in [6.07, 6.45) is 4.52. The summed E-state index contributed by atoms with van der Waals surface area (Å²) in [4.78, 5) is 19.8. The van der Waals surface area contributed by atoms with Crippen LogP contribution in [0.3, 0.4) is 0 Å². The minimum atomic E-state index is -0.841. The molecule has 2 aromatic heterocycles. The maximum atomic E-state index is 13.9. The van der Waals surface area contributed by atoms with Crippen molar-refractivity contribution in [2.45, 2.75) is 26.3 Å². The van der Waals surface area contributed by atoms with Gasteiger partial charge in [-0.15, -0.1) is 0 Å². The number of para-hydroxylation sites is 1. The molecular formula is C18H19F2N7O. The second-order valence-corrected chi connectivity index (χ2v) is 7.01. The lowest BCUT2D eigenvalue weighted by Crippen LogP contribution is -2.21. The summed E-state index contributed by atoms with van der Waals surface area (Å²) >= 11 is 0. The molecule has 10 heteroatoms. The van der Waals surface area contributed by atoms with Crippen molar-refractivity contribution in [3.05, 3.63) is 54.0 Å². The van der Waals surface area contributed by atoms with Crippen molar-refractivity contribution in [1.82, 2.24) is 19.7 Å². The molecule has 3 aromatic rings. The van der Waals surface area contributed by atoms with Crippen molar-refractivity contribution in [2.24, 2.45) is 5.73 Å². The number of carbonyl (C=O) groups excluding carboxylic acids is 1. The number of halogens is 2. The van der Waals surface area contributed by atoms with Gasteiger partial charge >= 0.3 is 0 Å². The van der Waals surface area contributed by atoms with E-state index in [2.05, 4.69) is 25.7 Å². The zero-order valence-corrected chi connectivity index (χ0v) is 15.5. The lowest BCUT2D eigenvalue weighted by atomic mass is 10.1. The molecule has 4 N–H and O–H groups in total. The van der Waals surface area contributed by atoms with Gasteiger partial charge in [0.05, 0.1) is 17.4 Å². The van der Waals surface area contributed by atoms with Gasteiger partial charge < -0.3 is 16.4 Å². The molecule has 0 saturated carbocycles. The van der Waals surface area contributed by atoms with Crippen LogP contribution >= 0.6 is 0 Å². The smallest absolute Gasteiger partial charge is 0.254 e. The van der Waals surface area contributed by atoms with E-state index in [-0.39, 0.29) is 22.9 Å². The summed E-state index contributed by atoms with van der Waals surface area (Å²) in [5.41, 5.74) is 5.14. The first-order valence-electron chi connectivity index (χ1n) is 8.35. The fourth-order valence-electron chi connectivity index (χ4n) is 2.34. The summed E-state index contributed by atoms with van der Waals surface area (Å²) < 4.78 is 29.6. The van der Waals surface area contributed by atoms with E-state index in [1.54, 1.807) is 17.1 Å². The van der Waals surface area contributed by atoms with E-state index in [0.717, 1.165) is 12.1 Å². The number of amides is 1. The Bertz CT molecular complexity index is 1010. The molecule has 3 rings (SSSR count). The Morgan fingerprint density at radius 3 is 2.39 bits per heavy atom. The van der Waals surface area contributed by atoms with Crippen LogP contribution in [0.5, 0.6) is 0 Å². The molecule has 0 bridgehead atoms. The number of rotatable bonds is 5. The SMILES string of the molecule is CC(C)(C)n1cc(Nc2ncc(C(N)=O)c(Nc3c(F)cccc3F)n2)cn1. The van der Waals surface area contributed by atoms with Gasteiger partial charge in [0.25, 0.3) is 5.91 Å². The monoisotopic (exact) mass is 387 g/mol. The summed E-state index contributed by atoms with van der Waals surface area (Å²) in [6.45, 7) is 5.98. The molecule has 0 unspecified atom stereocenters. The van der Waals surface area contributed by atoms with Gasteiger partial charge in [0.2, 0.25) is 5.95 Å². The maximum absolute atomic E-state index is 13.9. The lowest BCUT2D eigenvalue weighted by Gasteiger charge is -2.18. The van der Waals surface area contributed by atoms with Crippen molar-refractivity contribution in [3.63, 3.8) is 0 Å². The Hall–Kier alpha value is -3.56. The van der Waals surface area contributed by atoms with Crippen molar-refractivity contribution >= 4 is 29.0 Å².